The molecule has 0 aromatic heterocycles. The van der Waals surface area contributed by atoms with Crippen molar-refractivity contribution < 1.29 is 65.9 Å². The SMILES string of the molecule is CN(C)CCN(C)C.O.O.O=P([O-])(O)OC[C@H]([O-])C[O-].[O-2].[Re]. The zero-order chi connectivity index (χ0) is 14.8. The van der Waals surface area contributed by atoms with E-state index in [-0.39, 0.29) is 36.9 Å². The summed E-state index contributed by atoms with van der Waals surface area (Å²) in [4.78, 5) is 22.0. The molecule has 13 heteroatoms. The van der Waals surface area contributed by atoms with Gasteiger partial charge in [0.05, 0.1) is 0 Å². The van der Waals surface area contributed by atoms with Crippen LogP contribution in [0.4, 0.5) is 0 Å². The third-order valence-electron chi connectivity index (χ3n) is 1.60. The zero-order valence-electron chi connectivity index (χ0n) is 13.0. The Balaban J connectivity index is -0.0000000500. The van der Waals surface area contributed by atoms with Gasteiger partial charge in [0, 0.05) is 40.1 Å². The van der Waals surface area contributed by atoms with Gasteiger partial charge in [-0.3, -0.25) is 4.57 Å². The molecule has 0 saturated heterocycles. The van der Waals surface area contributed by atoms with E-state index in [1.54, 1.807) is 0 Å². The maximum atomic E-state index is 10.1. The first-order valence-corrected chi connectivity index (χ1v) is 6.79. The van der Waals surface area contributed by atoms with Gasteiger partial charge in [-0.05, 0) is 28.2 Å². The van der Waals surface area contributed by atoms with Crippen molar-refractivity contribution in [3.63, 3.8) is 0 Å². The van der Waals surface area contributed by atoms with E-state index in [9.17, 15) is 19.7 Å². The summed E-state index contributed by atoms with van der Waals surface area (Å²) in [5.74, 6) is 0. The molecule has 143 valence electrons. The fraction of sp³-hybridized carbons (Fsp3) is 1.00. The number of hydrogen-bond donors (Lipinski definition) is 1. The smallest absolute Gasteiger partial charge is 0.265 e. The number of hydrogen-bond acceptors (Lipinski definition) is 7. The van der Waals surface area contributed by atoms with E-state index in [4.69, 9.17) is 4.89 Å². The fourth-order valence-corrected chi connectivity index (χ4v) is 0.980. The van der Waals surface area contributed by atoms with E-state index in [0.29, 0.717) is 0 Å². The Labute approximate surface area is 144 Å². The first-order valence-electron chi connectivity index (χ1n) is 5.30. The second-order valence-corrected chi connectivity index (χ2v) is 5.35. The van der Waals surface area contributed by atoms with Crippen molar-refractivity contribution in [2.75, 3.05) is 54.5 Å². The van der Waals surface area contributed by atoms with Gasteiger partial charge in [-0.2, -0.15) is 6.61 Å². The Morgan fingerprint density at radius 2 is 1.45 bits per heavy atom. The van der Waals surface area contributed by atoms with E-state index in [2.05, 4.69) is 42.5 Å². The normalized spacial score (nSPS) is 13.2. The molecule has 0 aliphatic rings. The van der Waals surface area contributed by atoms with Crippen LogP contribution in [0.2, 0.25) is 0 Å². The summed E-state index contributed by atoms with van der Waals surface area (Å²) in [6, 6.07) is 0. The molecule has 0 aromatic rings. The van der Waals surface area contributed by atoms with E-state index in [1.165, 1.54) is 0 Å². The third kappa shape index (κ3) is 42.8. The minimum absolute atomic E-state index is 0. The molecule has 0 amide bonds. The molecular formula is C9H26N2O9PRe-5. The predicted molar refractivity (Wildman–Crippen MR) is 69.5 cm³/mol. The van der Waals surface area contributed by atoms with Crippen LogP contribution in [0.25, 0.3) is 0 Å². The van der Waals surface area contributed by atoms with Crippen molar-refractivity contribution in [3.8, 4) is 0 Å². The van der Waals surface area contributed by atoms with Crippen molar-refractivity contribution in [1.82, 2.24) is 9.80 Å². The minimum atomic E-state index is -4.82. The van der Waals surface area contributed by atoms with Crippen LogP contribution in [0.3, 0.4) is 0 Å². The number of rotatable bonds is 7. The molecule has 0 saturated carbocycles. The second kappa shape index (κ2) is 21.5. The average molecular weight is 523 g/mol. The van der Waals surface area contributed by atoms with Crippen molar-refractivity contribution in [3.05, 3.63) is 0 Å². The first kappa shape index (κ1) is 38.2. The topological polar surface area (TPSA) is 214 Å². The monoisotopic (exact) mass is 524 g/mol. The van der Waals surface area contributed by atoms with Gasteiger partial charge in [-0.15, -0.1) is 6.10 Å². The van der Waals surface area contributed by atoms with E-state index in [0.717, 1.165) is 13.1 Å². The molecule has 1 unspecified atom stereocenters. The van der Waals surface area contributed by atoms with Gasteiger partial charge in [0.15, 0.2) is 0 Å². The Hall–Kier alpha value is 0.492. The molecule has 1 radical (unpaired) electrons. The number of phosphoric ester groups is 1. The summed E-state index contributed by atoms with van der Waals surface area (Å²) in [5, 5.41) is 19.8. The summed E-state index contributed by atoms with van der Waals surface area (Å²) in [5.41, 5.74) is 0. The van der Waals surface area contributed by atoms with Gasteiger partial charge < -0.3 is 50.8 Å². The number of likely N-dealkylation sites (N-methyl/N-ethyl adjacent to an activating group) is 2. The summed E-state index contributed by atoms with van der Waals surface area (Å²) < 4.78 is 13.4. The molecule has 0 aliphatic carbocycles. The molecule has 0 spiro atoms. The third-order valence-corrected chi connectivity index (χ3v) is 2.08. The van der Waals surface area contributed by atoms with Crippen molar-refractivity contribution >= 4 is 7.82 Å². The van der Waals surface area contributed by atoms with Crippen LogP contribution in [0.1, 0.15) is 0 Å². The van der Waals surface area contributed by atoms with Gasteiger partial charge in [0.2, 0.25) is 0 Å². The number of nitrogens with zero attached hydrogens (tertiary/aromatic N) is 2. The van der Waals surface area contributed by atoms with Crippen LogP contribution >= 0.6 is 7.82 Å². The Bertz CT molecular complexity index is 235. The molecule has 0 heterocycles. The zero-order valence-corrected chi connectivity index (χ0v) is 16.6. The molecule has 22 heavy (non-hydrogen) atoms. The Morgan fingerprint density at radius 1 is 1.14 bits per heavy atom. The largest absolute Gasteiger partial charge is 2.00 e. The Morgan fingerprint density at radius 3 is 1.64 bits per heavy atom. The molecule has 0 aliphatic heterocycles. The van der Waals surface area contributed by atoms with Crippen molar-refractivity contribution in [2.24, 2.45) is 0 Å². The van der Waals surface area contributed by atoms with E-state index < -0.39 is 27.1 Å². The van der Waals surface area contributed by atoms with Crippen LogP contribution in [0, 0.1) is 0 Å². The average Bonchev–Trinajstić information content (AvgIpc) is 2.23. The standard InChI is InChI=1S/C6H16N2.C3H7O6P.2H2O.O.Re/c1-7(2)5-6-8(3)4;4-1-3(5)2-9-10(6,7)8;;;;/h5-6H2,1-4H3;3H,1-2H2,(H2,6,7,8);2*1H2;;/q;-2;;;-2;/p-1/t;3-;;;;/m.1..../s1. The van der Waals surface area contributed by atoms with Crippen LogP contribution < -0.4 is 15.1 Å². The number of phosphoric acid groups is 1. The van der Waals surface area contributed by atoms with Crippen LogP contribution in [-0.2, 0) is 35.0 Å². The molecular weight excluding hydrogens is 497 g/mol. The van der Waals surface area contributed by atoms with Gasteiger partial charge in [0.25, 0.3) is 7.82 Å². The predicted octanol–water partition coefficient (Wildman–Crippen LogP) is -5.11. The first-order chi connectivity index (χ1) is 8.08. The van der Waals surface area contributed by atoms with Gasteiger partial charge in [-0.1, -0.05) is 0 Å². The maximum Gasteiger partial charge on any atom is 0.265 e. The molecule has 0 aromatic carbocycles. The summed E-state index contributed by atoms with van der Waals surface area (Å²) in [6.07, 6.45) is -1.64. The summed E-state index contributed by atoms with van der Waals surface area (Å²) in [7, 11) is 3.53. The minimum Gasteiger partial charge on any atom is -2.00 e. The van der Waals surface area contributed by atoms with Crippen molar-refractivity contribution in [2.45, 2.75) is 6.10 Å². The Kier molecular flexibility index (Phi) is 37.3. The molecule has 0 bridgehead atoms. The molecule has 11 nitrogen and oxygen atoms in total. The molecule has 5 N–H and O–H groups in total. The second-order valence-electron chi connectivity index (χ2n) is 4.16. The quantitative estimate of drug-likeness (QED) is 0.318. The van der Waals surface area contributed by atoms with Gasteiger partial charge in [0.1, 0.15) is 0 Å². The van der Waals surface area contributed by atoms with Crippen LogP contribution in [-0.4, -0.2) is 86.2 Å². The summed E-state index contributed by atoms with van der Waals surface area (Å²) >= 11 is 0. The maximum absolute atomic E-state index is 10.1. The van der Waals surface area contributed by atoms with Crippen LogP contribution in [0.5, 0.6) is 0 Å². The van der Waals surface area contributed by atoms with E-state index in [1.807, 2.05) is 0 Å². The van der Waals surface area contributed by atoms with Crippen LogP contribution in [0.15, 0.2) is 0 Å². The fourth-order valence-electron chi connectivity index (χ4n) is 0.625. The molecule has 2 atom stereocenters. The van der Waals surface area contributed by atoms with Gasteiger partial charge in [-0.25, -0.2) is 0 Å². The van der Waals surface area contributed by atoms with E-state index >= 15 is 0 Å². The molecule has 0 fully saturated rings. The summed E-state index contributed by atoms with van der Waals surface area (Å²) in [6.45, 7) is 0.515. The molecule has 0 rings (SSSR count). The van der Waals surface area contributed by atoms with Crippen molar-refractivity contribution in [1.29, 1.82) is 0 Å². The van der Waals surface area contributed by atoms with Gasteiger partial charge >= 0.3 is 0 Å².